The van der Waals surface area contributed by atoms with Crippen LogP contribution in [0.5, 0.6) is 11.5 Å². The van der Waals surface area contributed by atoms with Gasteiger partial charge in [-0.05, 0) is 86.6 Å². The van der Waals surface area contributed by atoms with Crippen molar-refractivity contribution >= 4 is 23.7 Å². The van der Waals surface area contributed by atoms with Crippen molar-refractivity contribution in [2.75, 3.05) is 0 Å². The first-order valence-corrected chi connectivity index (χ1v) is 11.4. The number of carbonyl (C=O) groups excluding carboxylic acids is 2. The van der Waals surface area contributed by atoms with Gasteiger partial charge >= 0.3 is 11.9 Å². The molecule has 0 radical (unpaired) electrons. The zero-order chi connectivity index (χ0) is 26.4. The lowest BCUT2D eigenvalue weighted by Gasteiger charge is -2.10. The van der Waals surface area contributed by atoms with Gasteiger partial charge in [-0.25, -0.2) is 9.59 Å². The second kappa shape index (κ2) is 11.1. The van der Waals surface area contributed by atoms with Gasteiger partial charge in [0.2, 0.25) is 11.8 Å². The number of carbonyl (C=O) groups is 2. The van der Waals surface area contributed by atoms with Crippen molar-refractivity contribution in [1.29, 1.82) is 10.8 Å². The summed E-state index contributed by atoms with van der Waals surface area (Å²) in [4.78, 5) is 24.5. The number of esters is 2. The van der Waals surface area contributed by atoms with Crippen molar-refractivity contribution in [2.45, 2.75) is 13.8 Å². The molecule has 0 saturated carbocycles. The lowest BCUT2D eigenvalue weighted by Crippen LogP contribution is -2.13. The first-order chi connectivity index (χ1) is 17.8. The van der Waals surface area contributed by atoms with Crippen LogP contribution in [0.25, 0.3) is 0 Å². The van der Waals surface area contributed by atoms with E-state index in [0.717, 1.165) is 11.1 Å². The highest BCUT2D eigenvalue weighted by Gasteiger charge is 2.13. The Morgan fingerprint density at radius 2 is 0.784 bits per heavy atom. The maximum Gasteiger partial charge on any atom is 0.343 e. The number of benzene rings is 4. The maximum absolute atomic E-state index is 12.3. The van der Waals surface area contributed by atoms with Gasteiger partial charge in [-0.3, -0.25) is 10.8 Å². The van der Waals surface area contributed by atoms with Crippen molar-refractivity contribution in [3.8, 4) is 11.5 Å². The predicted octanol–water partition coefficient (Wildman–Crippen LogP) is 6.11. The fourth-order valence-corrected chi connectivity index (χ4v) is 3.28. The molecule has 7 heteroatoms. The van der Waals surface area contributed by atoms with Gasteiger partial charge in [0.15, 0.2) is 0 Å². The summed E-state index contributed by atoms with van der Waals surface area (Å²) in [5, 5.41) is 16.4. The summed E-state index contributed by atoms with van der Waals surface area (Å²) in [6, 6.07) is 26.6. The smallest absolute Gasteiger partial charge is 0.343 e. The van der Waals surface area contributed by atoms with Crippen LogP contribution in [-0.2, 0) is 4.74 Å². The highest BCUT2D eigenvalue weighted by Crippen LogP contribution is 2.18. The molecule has 0 amide bonds. The molecular formula is C30H24N2O5. The van der Waals surface area contributed by atoms with Crippen LogP contribution in [0.15, 0.2) is 97.1 Å². The fourth-order valence-electron chi connectivity index (χ4n) is 3.28. The molecule has 37 heavy (non-hydrogen) atoms. The largest absolute Gasteiger partial charge is 0.423 e. The minimum absolute atomic E-state index is 0.240. The monoisotopic (exact) mass is 492 g/mol. The van der Waals surface area contributed by atoms with E-state index in [4.69, 9.17) is 25.0 Å². The third kappa shape index (κ3) is 6.55. The zero-order valence-corrected chi connectivity index (χ0v) is 20.3. The van der Waals surface area contributed by atoms with E-state index in [0.29, 0.717) is 33.8 Å². The van der Waals surface area contributed by atoms with Gasteiger partial charge in [0.1, 0.15) is 11.5 Å². The summed E-state index contributed by atoms with van der Waals surface area (Å²) in [5.74, 6) is -0.781. The fraction of sp³-hybridized carbons (Fsp3) is 0.0667. The summed E-state index contributed by atoms with van der Waals surface area (Å²) in [5.41, 5.74) is 3.78. The summed E-state index contributed by atoms with van der Waals surface area (Å²) in [7, 11) is 0. The van der Waals surface area contributed by atoms with Crippen molar-refractivity contribution in [2.24, 2.45) is 0 Å². The summed E-state index contributed by atoms with van der Waals surface area (Å²) in [6.07, 6.45) is 0. The zero-order valence-electron chi connectivity index (χ0n) is 20.3. The minimum Gasteiger partial charge on any atom is -0.423 e. The molecule has 0 aliphatic carbocycles. The van der Waals surface area contributed by atoms with Crippen LogP contribution in [-0.4, -0.2) is 23.7 Å². The average Bonchev–Trinajstić information content (AvgIpc) is 2.90. The summed E-state index contributed by atoms with van der Waals surface area (Å²) < 4.78 is 16.1. The van der Waals surface area contributed by atoms with Crippen molar-refractivity contribution in [3.05, 3.63) is 130 Å². The van der Waals surface area contributed by atoms with Gasteiger partial charge in [-0.1, -0.05) is 35.4 Å². The van der Waals surface area contributed by atoms with Crippen LogP contribution in [0.1, 0.15) is 43.0 Å². The molecule has 184 valence electrons. The van der Waals surface area contributed by atoms with E-state index in [1.54, 1.807) is 72.8 Å². The van der Waals surface area contributed by atoms with E-state index >= 15 is 0 Å². The molecule has 0 heterocycles. The van der Waals surface area contributed by atoms with E-state index < -0.39 is 11.9 Å². The van der Waals surface area contributed by atoms with E-state index in [2.05, 4.69) is 0 Å². The molecule has 0 unspecified atom stereocenters. The summed E-state index contributed by atoms with van der Waals surface area (Å²) in [6.45, 7) is 3.87. The Morgan fingerprint density at radius 3 is 1.11 bits per heavy atom. The molecule has 0 spiro atoms. The van der Waals surface area contributed by atoms with Crippen LogP contribution >= 0.6 is 0 Å². The highest BCUT2D eigenvalue weighted by atomic mass is 16.5. The van der Waals surface area contributed by atoms with E-state index in [9.17, 15) is 9.59 Å². The molecule has 7 nitrogen and oxygen atoms in total. The number of hydrogen-bond donors (Lipinski definition) is 2. The molecule has 2 N–H and O–H groups in total. The van der Waals surface area contributed by atoms with E-state index in [1.807, 2.05) is 38.1 Å². The van der Waals surface area contributed by atoms with Gasteiger partial charge in [0, 0.05) is 11.1 Å². The van der Waals surface area contributed by atoms with Gasteiger partial charge in [0.05, 0.1) is 11.1 Å². The number of hydrogen-bond acceptors (Lipinski definition) is 7. The highest BCUT2D eigenvalue weighted by molar-refractivity contribution is 6.05. The molecule has 0 atom stereocenters. The Hall–Kier alpha value is -5.04. The van der Waals surface area contributed by atoms with Gasteiger partial charge < -0.3 is 14.2 Å². The van der Waals surface area contributed by atoms with Gasteiger partial charge in [0.25, 0.3) is 0 Å². The van der Waals surface area contributed by atoms with Crippen LogP contribution in [0.3, 0.4) is 0 Å². The van der Waals surface area contributed by atoms with E-state index in [1.165, 1.54) is 0 Å². The number of ether oxygens (including phenoxy) is 3. The Bertz CT molecular complexity index is 1330. The third-order valence-electron chi connectivity index (χ3n) is 5.43. The molecule has 0 saturated heterocycles. The third-order valence-corrected chi connectivity index (χ3v) is 5.43. The van der Waals surface area contributed by atoms with E-state index in [-0.39, 0.29) is 11.8 Å². The number of rotatable bonds is 6. The average molecular weight is 493 g/mol. The van der Waals surface area contributed by atoms with Crippen molar-refractivity contribution in [1.82, 2.24) is 0 Å². The quantitative estimate of drug-likeness (QED) is 0.146. The van der Waals surface area contributed by atoms with Crippen LogP contribution in [0.2, 0.25) is 0 Å². The lowest BCUT2D eigenvalue weighted by atomic mass is 10.1. The Balaban J connectivity index is 1.32. The minimum atomic E-state index is -0.478. The first kappa shape index (κ1) is 25.1. The Morgan fingerprint density at radius 1 is 0.486 bits per heavy atom. The molecule has 0 fully saturated rings. The molecule has 0 aromatic heterocycles. The van der Waals surface area contributed by atoms with Gasteiger partial charge in [-0.15, -0.1) is 0 Å². The Labute approximate surface area is 214 Å². The number of aryl methyl sites for hydroxylation is 2. The second-order valence-corrected chi connectivity index (χ2v) is 8.32. The van der Waals surface area contributed by atoms with Crippen LogP contribution in [0, 0.1) is 24.7 Å². The standard InChI is InChI=1S/C30H24N2O5/c1-19-3-7-23(8-4-19)29(33)35-25-15-11-21(12-16-25)27(31)37-28(32)22-13-17-26(18-14-22)36-30(34)24-9-5-20(2)6-10-24/h3-18,31-32H,1-2H3. The lowest BCUT2D eigenvalue weighted by molar-refractivity contribution is 0.0725. The number of nitrogens with one attached hydrogen (secondary N) is 2. The predicted molar refractivity (Wildman–Crippen MR) is 140 cm³/mol. The second-order valence-electron chi connectivity index (χ2n) is 8.32. The molecule has 4 aromatic rings. The molecule has 4 aromatic carbocycles. The van der Waals surface area contributed by atoms with Crippen LogP contribution in [0.4, 0.5) is 0 Å². The summed E-state index contributed by atoms with van der Waals surface area (Å²) >= 11 is 0. The molecule has 0 aliphatic heterocycles. The topological polar surface area (TPSA) is 110 Å². The molecule has 0 aliphatic rings. The maximum atomic E-state index is 12.3. The molecule has 0 bridgehead atoms. The molecule has 4 rings (SSSR count). The normalized spacial score (nSPS) is 10.3. The molecular weight excluding hydrogens is 468 g/mol. The Kier molecular flexibility index (Phi) is 7.54. The van der Waals surface area contributed by atoms with Crippen molar-refractivity contribution < 1.29 is 23.8 Å². The first-order valence-electron chi connectivity index (χ1n) is 11.4. The van der Waals surface area contributed by atoms with Crippen molar-refractivity contribution in [3.63, 3.8) is 0 Å². The van der Waals surface area contributed by atoms with Crippen LogP contribution < -0.4 is 9.47 Å². The SMILES string of the molecule is Cc1ccc(C(=O)Oc2ccc(C(=N)OC(=N)c3ccc(OC(=O)c4ccc(C)cc4)cc3)cc2)cc1. The van der Waals surface area contributed by atoms with Gasteiger partial charge in [-0.2, -0.15) is 0 Å².